The molecule has 0 bridgehead atoms. The van der Waals surface area contributed by atoms with Crippen molar-refractivity contribution in [2.24, 2.45) is 0 Å². The molecule has 3 aromatic rings. The molecule has 0 aliphatic carbocycles. The first kappa shape index (κ1) is 15.6. The van der Waals surface area contributed by atoms with Crippen molar-refractivity contribution in [3.8, 4) is 10.7 Å². The van der Waals surface area contributed by atoms with Gasteiger partial charge in [-0.25, -0.2) is 0 Å². The first-order valence-corrected chi connectivity index (χ1v) is 8.89. The van der Waals surface area contributed by atoms with Crippen LogP contribution in [0.1, 0.15) is 33.6 Å². The summed E-state index contributed by atoms with van der Waals surface area (Å²) in [6, 6.07) is 10.8. The molecule has 0 atom stereocenters. The third-order valence-corrected chi connectivity index (χ3v) is 4.93. The molecule has 0 radical (unpaired) electrons. The van der Waals surface area contributed by atoms with Crippen molar-refractivity contribution in [3.63, 3.8) is 0 Å². The van der Waals surface area contributed by atoms with Crippen LogP contribution in [0, 0.1) is 0 Å². The van der Waals surface area contributed by atoms with Crippen LogP contribution in [-0.2, 0) is 6.54 Å². The lowest BCUT2D eigenvalue weighted by molar-refractivity contribution is 0.0651. The summed E-state index contributed by atoms with van der Waals surface area (Å²) in [7, 11) is 0. The lowest BCUT2D eigenvalue weighted by Crippen LogP contribution is -2.30. The van der Waals surface area contributed by atoms with Gasteiger partial charge in [0.15, 0.2) is 0 Å². The van der Waals surface area contributed by atoms with E-state index in [4.69, 9.17) is 0 Å². The summed E-state index contributed by atoms with van der Waals surface area (Å²) >= 11 is 1.57. The van der Waals surface area contributed by atoms with Crippen LogP contribution in [0.25, 0.3) is 10.7 Å². The van der Waals surface area contributed by atoms with Crippen LogP contribution in [0.4, 0.5) is 0 Å². The Morgan fingerprint density at radius 1 is 0.920 bits per heavy atom. The van der Waals surface area contributed by atoms with Crippen molar-refractivity contribution < 1.29 is 9.59 Å². The Bertz CT molecular complexity index is 884. The van der Waals surface area contributed by atoms with Gasteiger partial charge in [0.05, 0.1) is 22.5 Å². The number of carbonyl (C=O) groups is 2. The molecule has 0 unspecified atom stereocenters. The lowest BCUT2D eigenvalue weighted by Gasteiger charge is -2.13. The average molecular weight is 353 g/mol. The van der Waals surface area contributed by atoms with Gasteiger partial charge < -0.3 is 0 Å². The molecule has 0 saturated carbocycles. The normalized spacial score (nSPS) is 13.5. The molecule has 126 valence electrons. The van der Waals surface area contributed by atoms with Gasteiger partial charge in [-0.3, -0.25) is 14.5 Å². The predicted molar refractivity (Wildman–Crippen MR) is 92.2 cm³/mol. The van der Waals surface area contributed by atoms with Gasteiger partial charge in [-0.15, -0.1) is 21.5 Å². The van der Waals surface area contributed by atoms with E-state index in [0.717, 1.165) is 11.3 Å². The van der Waals surface area contributed by atoms with E-state index < -0.39 is 0 Å². The first-order chi connectivity index (χ1) is 12.2. The molecule has 2 aromatic heterocycles. The maximum Gasteiger partial charge on any atom is 0.261 e. The quantitative estimate of drug-likeness (QED) is 0.502. The van der Waals surface area contributed by atoms with E-state index in [1.54, 1.807) is 40.4 Å². The number of thiophene rings is 1. The number of nitrogens with zero attached hydrogens (tertiary/aromatic N) is 5. The molecule has 8 heteroatoms. The molecular formula is C17H15N5O2S. The van der Waals surface area contributed by atoms with Crippen molar-refractivity contribution in [2.75, 3.05) is 6.54 Å². The minimum atomic E-state index is -0.209. The Morgan fingerprint density at radius 2 is 1.64 bits per heavy atom. The molecule has 25 heavy (non-hydrogen) atoms. The second-order valence-corrected chi connectivity index (χ2v) is 6.65. The molecule has 1 aliphatic heterocycles. The van der Waals surface area contributed by atoms with E-state index in [1.807, 2.05) is 17.5 Å². The number of benzene rings is 1. The third kappa shape index (κ3) is 2.96. The molecule has 0 N–H and O–H groups in total. The number of amides is 2. The summed E-state index contributed by atoms with van der Waals surface area (Å²) in [5.41, 5.74) is 0.983. The first-order valence-electron chi connectivity index (χ1n) is 8.01. The fourth-order valence-corrected chi connectivity index (χ4v) is 3.46. The molecule has 1 aliphatic rings. The van der Waals surface area contributed by atoms with Gasteiger partial charge in [-0.2, -0.15) is 4.80 Å². The highest BCUT2D eigenvalue weighted by Gasteiger charge is 2.34. The van der Waals surface area contributed by atoms with Crippen LogP contribution >= 0.6 is 11.3 Å². The number of imide groups is 1. The van der Waals surface area contributed by atoms with Crippen LogP contribution in [0.2, 0.25) is 0 Å². The molecule has 4 rings (SSSR count). The Kier molecular flexibility index (Phi) is 4.10. The van der Waals surface area contributed by atoms with Crippen molar-refractivity contribution in [1.29, 1.82) is 0 Å². The predicted octanol–water partition coefficient (Wildman–Crippen LogP) is 2.48. The van der Waals surface area contributed by atoms with Gasteiger partial charge in [-0.05, 0) is 41.6 Å². The Balaban J connectivity index is 1.31. The van der Waals surface area contributed by atoms with Gasteiger partial charge in [0.1, 0.15) is 0 Å². The van der Waals surface area contributed by atoms with Gasteiger partial charge in [-0.1, -0.05) is 18.2 Å². The smallest absolute Gasteiger partial charge is 0.261 e. The van der Waals surface area contributed by atoms with Crippen LogP contribution < -0.4 is 0 Å². The minimum absolute atomic E-state index is 0.209. The van der Waals surface area contributed by atoms with Gasteiger partial charge in [0, 0.05) is 6.54 Å². The molecule has 2 amide bonds. The number of carbonyl (C=O) groups excluding carboxylic acids is 2. The Labute approximate surface area is 147 Å². The highest BCUT2D eigenvalue weighted by atomic mass is 32.1. The van der Waals surface area contributed by atoms with Crippen LogP contribution in [0.3, 0.4) is 0 Å². The van der Waals surface area contributed by atoms with Crippen LogP contribution in [0.15, 0.2) is 41.8 Å². The number of rotatable bonds is 6. The summed E-state index contributed by atoms with van der Waals surface area (Å²) in [6.45, 7) is 1.00. The second-order valence-electron chi connectivity index (χ2n) is 5.70. The summed E-state index contributed by atoms with van der Waals surface area (Å²) in [4.78, 5) is 28.4. The number of hydrogen-bond acceptors (Lipinski definition) is 6. The van der Waals surface area contributed by atoms with Gasteiger partial charge in [0.25, 0.3) is 11.8 Å². The fourth-order valence-electron chi connectivity index (χ4n) is 2.81. The number of fused-ring (bicyclic) bond motifs is 1. The van der Waals surface area contributed by atoms with Gasteiger partial charge in [0.2, 0.25) is 5.82 Å². The topological polar surface area (TPSA) is 81.0 Å². The van der Waals surface area contributed by atoms with Crippen molar-refractivity contribution in [2.45, 2.75) is 19.4 Å². The molecule has 1 aromatic carbocycles. The van der Waals surface area contributed by atoms with E-state index >= 15 is 0 Å². The fraction of sp³-hybridized carbons (Fsp3) is 0.235. The van der Waals surface area contributed by atoms with Crippen molar-refractivity contribution in [3.05, 3.63) is 52.9 Å². The molecule has 0 fully saturated rings. The second kappa shape index (κ2) is 6.56. The monoisotopic (exact) mass is 353 g/mol. The van der Waals surface area contributed by atoms with E-state index in [-0.39, 0.29) is 11.8 Å². The lowest BCUT2D eigenvalue weighted by atomic mass is 10.1. The molecule has 0 saturated heterocycles. The average Bonchev–Trinajstić information content (AvgIpc) is 3.35. The van der Waals surface area contributed by atoms with E-state index in [9.17, 15) is 9.59 Å². The zero-order valence-corrected chi connectivity index (χ0v) is 14.1. The van der Waals surface area contributed by atoms with E-state index in [1.165, 1.54) is 4.90 Å². The minimum Gasteiger partial charge on any atom is -0.274 e. The molecule has 7 nitrogen and oxygen atoms in total. The molecule has 0 spiro atoms. The summed E-state index contributed by atoms with van der Waals surface area (Å²) < 4.78 is 0. The summed E-state index contributed by atoms with van der Waals surface area (Å²) in [5, 5.41) is 14.4. The number of aryl methyl sites for hydroxylation is 1. The number of aromatic nitrogens is 4. The Morgan fingerprint density at radius 3 is 2.32 bits per heavy atom. The highest BCUT2D eigenvalue weighted by Crippen LogP contribution is 2.23. The SMILES string of the molecule is O=C1c2ccccc2C(=O)N1CCCCn1nnc(-c2cccs2)n1. The Hall–Kier alpha value is -2.87. The maximum absolute atomic E-state index is 12.3. The van der Waals surface area contributed by atoms with Crippen molar-refractivity contribution in [1.82, 2.24) is 25.1 Å². The highest BCUT2D eigenvalue weighted by molar-refractivity contribution is 7.13. The standard InChI is InChI=1S/C17H15N5O2S/c23-16-12-6-1-2-7-13(12)17(24)21(16)9-3-4-10-22-19-15(18-20-22)14-8-5-11-25-14/h1-2,5-8,11H,3-4,9-10H2. The maximum atomic E-state index is 12.3. The molecule has 3 heterocycles. The molecular weight excluding hydrogens is 338 g/mol. The van der Waals surface area contributed by atoms with Crippen molar-refractivity contribution >= 4 is 23.2 Å². The third-order valence-electron chi connectivity index (χ3n) is 4.06. The van der Waals surface area contributed by atoms with E-state index in [2.05, 4.69) is 15.4 Å². The number of hydrogen-bond donors (Lipinski definition) is 0. The van der Waals surface area contributed by atoms with E-state index in [0.29, 0.717) is 36.5 Å². The van der Waals surface area contributed by atoms with Gasteiger partial charge >= 0.3 is 0 Å². The zero-order chi connectivity index (χ0) is 17.2. The van der Waals surface area contributed by atoms with Crippen LogP contribution in [-0.4, -0.2) is 43.5 Å². The number of tetrazole rings is 1. The number of unbranched alkanes of at least 4 members (excludes halogenated alkanes) is 1. The summed E-state index contributed by atoms with van der Waals surface area (Å²) in [6.07, 6.45) is 1.45. The van der Waals surface area contributed by atoms with Crippen LogP contribution in [0.5, 0.6) is 0 Å². The largest absolute Gasteiger partial charge is 0.274 e. The summed E-state index contributed by atoms with van der Waals surface area (Å²) in [5.74, 6) is 0.203. The zero-order valence-electron chi connectivity index (χ0n) is 13.3.